The van der Waals surface area contributed by atoms with Gasteiger partial charge in [-0.3, -0.25) is 4.68 Å². The molecule has 0 bridgehead atoms. The Hall–Kier alpha value is -1.03. The smallest absolute Gasteiger partial charge is 0.158 e. The van der Waals surface area contributed by atoms with Crippen LogP contribution in [-0.2, 0) is 19.3 Å². The largest absolute Gasteiger partial charge is 0.308 e. The number of hydrogen-bond donors (Lipinski definition) is 0. The van der Waals surface area contributed by atoms with Crippen LogP contribution >= 0.6 is 11.6 Å². The van der Waals surface area contributed by atoms with Crippen molar-refractivity contribution in [1.82, 2.24) is 19.3 Å². The standard InChI is InChI=1S/C13H19ClN4/c1-5-8-11-12(17(4)16-8)18(10(7-14)15-11)9-6-13(9,2)3/h9H,5-7H2,1-4H3. The van der Waals surface area contributed by atoms with Gasteiger partial charge < -0.3 is 4.57 Å². The van der Waals surface area contributed by atoms with Crippen LogP contribution in [0.4, 0.5) is 0 Å². The van der Waals surface area contributed by atoms with E-state index in [0.29, 0.717) is 17.3 Å². The number of halogens is 1. The van der Waals surface area contributed by atoms with Gasteiger partial charge >= 0.3 is 0 Å². The zero-order valence-corrected chi connectivity index (χ0v) is 12.1. The molecule has 1 saturated carbocycles. The zero-order chi connectivity index (χ0) is 13.1. The summed E-state index contributed by atoms with van der Waals surface area (Å²) in [6.45, 7) is 6.69. The van der Waals surface area contributed by atoms with Crippen LogP contribution in [-0.4, -0.2) is 19.3 Å². The summed E-state index contributed by atoms with van der Waals surface area (Å²) < 4.78 is 4.25. The fraction of sp³-hybridized carbons (Fsp3) is 0.692. The number of nitrogens with zero attached hydrogens (tertiary/aromatic N) is 4. The number of hydrogen-bond acceptors (Lipinski definition) is 2. The first kappa shape index (κ1) is 12.0. The van der Waals surface area contributed by atoms with Crippen molar-refractivity contribution < 1.29 is 0 Å². The fourth-order valence-corrected chi connectivity index (χ4v) is 2.98. The molecule has 1 aliphatic carbocycles. The predicted molar refractivity (Wildman–Crippen MR) is 72.9 cm³/mol. The molecule has 3 rings (SSSR count). The van der Waals surface area contributed by atoms with Crippen LogP contribution in [0.15, 0.2) is 0 Å². The second-order valence-corrected chi connectivity index (χ2v) is 6.10. The molecule has 0 radical (unpaired) electrons. The van der Waals surface area contributed by atoms with E-state index >= 15 is 0 Å². The molecule has 18 heavy (non-hydrogen) atoms. The Morgan fingerprint density at radius 2 is 2.11 bits per heavy atom. The quantitative estimate of drug-likeness (QED) is 0.801. The molecule has 2 aromatic rings. The number of imidazole rings is 1. The fourth-order valence-electron chi connectivity index (χ4n) is 2.79. The van der Waals surface area contributed by atoms with Gasteiger partial charge in [-0.05, 0) is 18.3 Å². The van der Waals surface area contributed by atoms with Crippen LogP contribution in [0.1, 0.15) is 44.8 Å². The lowest BCUT2D eigenvalue weighted by Gasteiger charge is -2.09. The number of aryl methyl sites for hydroxylation is 2. The molecule has 98 valence electrons. The average molecular weight is 267 g/mol. The minimum atomic E-state index is 0.352. The topological polar surface area (TPSA) is 35.6 Å². The van der Waals surface area contributed by atoms with Gasteiger partial charge in [-0.25, -0.2) is 4.98 Å². The molecule has 2 aromatic heterocycles. The summed E-state index contributed by atoms with van der Waals surface area (Å²) >= 11 is 6.06. The van der Waals surface area contributed by atoms with E-state index in [4.69, 9.17) is 16.6 Å². The average Bonchev–Trinajstić information content (AvgIpc) is 2.72. The van der Waals surface area contributed by atoms with E-state index < -0.39 is 0 Å². The molecule has 1 atom stereocenters. The Kier molecular flexibility index (Phi) is 2.49. The molecule has 2 heterocycles. The SMILES string of the molecule is CCc1nn(C)c2c1nc(CCl)n2C1CC1(C)C. The molecular formula is C13H19ClN4. The van der Waals surface area contributed by atoms with Gasteiger partial charge in [0.15, 0.2) is 5.65 Å². The van der Waals surface area contributed by atoms with Crippen molar-refractivity contribution in [2.45, 2.75) is 45.5 Å². The summed E-state index contributed by atoms with van der Waals surface area (Å²) in [7, 11) is 1.99. The van der Waals surface area contributed by atoms with Gasteiger partial charge in [-0.2, -0.15) is 5.10 Å². The van der Waals surface area contributed by atoms with E-state index in [2.05, 4.69) is 30.4 Å². The molecule has 1 aliphatic rings. The van der Waals surface area contributed by atoms with E-state index in [1.54, 1.807) is 0 Å². The van der Waals surface area contributed by atoms with Gasteiger partial charge in [-0.15, -0.1) is 11.6 Å². The predicted octanol–water partition coefficient (Wildman–Crippen LogP) is 3.04. The molecule has 1 unspecified atom stereocenters. The molecule has 0 aliphatic heterocycles. The summed E-state index contributed by atoms with van der Waals surface area (Å²) in [5.41, 5.74) is 3.57. The number of alkyl halides is 1. The first-order valence-corrected chi connectivity index (χ1v) is 7.01. The van der Waals surface area contributed by atoms with Gasteiger partial charge in [0.05, 0.1) is 11.6 Å². The first-order chi connectivity index (χ1) is 8.49. The first-order valence-electron chi connectivity index (χ1n) is 6.48. The second kappa shape index (κ2) is 3.73. The highest BCUT2D eigenvalue weighted by Crippen LogP contribution is 2.56. The Labute approximate surface area is 112 Å². The summed E-state index contributed by atoms with van der Waals surface area (Å²) in [5.74, 6) is 1.44. The van der Waals surface area contributed by atoms with E-state index in [1.807, 2.05) is 11.7 Å². The van der Waals surface area contributed by atoms with Gasteiger partial charge in [0.2, 0.25) is 0 Å². The number of fused-ring (bicyclic) bond motifs is 1. The van der Waals surface area contributed by atoms with Crippen molar-refractivity contribution in [3.8, 4) is 0 Å². The Balaban J connectivity index is 2.25. The van der Waals surface area contributed by atoms with E-state index in [1.165, 1.54) is 6.42 Å². The van der Waals surface area contributed by atoms with Crippen molar-refractivity contribution in [3.05, 3.63) is 11.5 Å². The van der Waals surface area contributed by atoms with Crippen LogP contribution in [0.2, 0.25) is 0 Å². The molecule has 5 heteroatoms. The lowest BCUT2D eigenvalue weighted by atomic mass is 10.2. The van der Waals surface area contributed by atoms with Gasteiger partial charge in [0.25, 0.3) is 0 Å². The molecular weight excluding hydrogens is 248 g/mol. The number of aromatic nitrogens is 4. The molecule has 1 fully saturated rings. The van der Waals surface area contributed by atoms with Crippen LogP contribution in [0.5, 0.6) is 0 Å². The van der Waals surface area contributed by atoms with Crippen molar-refractivity contribution in [3.63, 3.8) is 0 Å². The lowest BCUT2D eigenvalue weighted by Crippen LogP contribution is -2.07. The van der Waals surface area contributed by atoms with Crippen LogP contribution in [0, 0.1) is 5.41 Å². The second-order valence-electron chi connectivity index (χ2n) is 5.84. The zero-order valence-electron chi connectivity index (χ0n) is 11.4. The Morgan fingerprint density at radius 3 is 2.61 bits per heavy atom. The van der Waals surface area contributed by atoms with E-state index in [0.717, 1.165) is 29.1 Å². The van der Waals surface area contributed by atoms with Crippen LogP contribution < -0.4 is 0 Å². The molecule has 4 nitrogen and oxygen atoms in total. The van der Waals surface area contributed by atoms with Crippen LogP contribution in [0.3, 0.4) is 0 Å². The van der Waals surface area contributed by atoms with Gasteiger partial charge in [-0.1, -0.05) is 20.8 Å². The summed E-state index contributed by atoms with van der Waals surface area (Å²) in [6.07, 6.45) is 2.10. The third kappa shape index (κ3) is 1.51. The summed E-state index contributed by atoms with van der Waals surface area (Å²) in [5, 5.41) is 4.55. The monoisotopic (exact) mass is 266 g/mol. The maximum absolute atomic E-state index is 6.06. The maximum Gasteiger partial charge on any atom is 0.158 e. The van der Waals surface area contributed by atoms with Gasteiger partial charge in [0.1, 0.15) is 11.3 Å². The third-order valence-electron chi connectivity index (χ3n) is 4.04. The Morgan fingerprint density at radius 1 is 1.44 bits per heavy atom. The van der Waals surface area contributed by atoms with E-state index in [-0.39, 0.29) is 0 Å². The lowest BCUT2D eigenvalue weighted by molar-refractivity contribution is 0.532. The van der Waals surface area contributed by atoms with Gasteiger partial charge in [0, 0.05) is 13.1 Å². The van der Waals surface area contributed by atoms with Crippen molar-refractivity contribution in [2.24, 2.45) is 12.5 Å². The molecule has 0 N–H and O–H groups in total. The normalized spacial score (nSPS) is 21.7. The highest BCUT2D eigenvalue weighted by molar-refractivity contribution is 6.16. The van der Waals surface area contributed by atoms with Crippen molar-refractivity contribution >= 4 is 22.8 Å². The summed E-state index contributed by atoms with van der Waals surface area (Å²) in [6, 6.07) is 0.511. The maximum atomic E-state index is 6.06. The molecule has 0 spiro atoms. The van der Waals surface area contributed by atoms with Crippen molar-refractivity contribution in [2.75, 3.05) is 0 Å². The van der Waals surface area contributed by atoms with E-state index in [9.17, 15) is 0 Å². The molecule has 0 saturated heterocycles. The minimum absolute atomic E-state index is 0.352. The highest BCUT2D eigenvalue weighted by Gasteiger charge is 2.49. The summed E-state index contributed by atoms with van der Waals surface area (Å²) in [4.78, 5) is 4.70. The van der Waals surface area contributed by atoms with Crippen molar-refractivity contribution in [1.29, 1.82) is 0 Å². The van der Waals surface area contributed by atoms with Crippen LogP contribution in [0.25, 0.3) is 11.2 Å². The molecule has 0 amide bonds. The molecule has 0 aromatic carbocycles. The third-order valence-corrected chi connectivity index (χ3v) is 4.28. The number of rotatable bonds is 3. The Bertz CT molecular complexity index is 608. The highest BCUT2D eigenvalue weighted by atomic mass is 35.5. The minimum Gasteiger partial charge on any atom is -0.308 e.